The van der Waals surface area contributed by atoms with Crippen molar-refractivity contribution in [2.24, 2.45) is 0 Å². The van der Waals surface area contributed by atoms with Crippen LogP contribution in [0.3, 0.4) is 0 Å². The molecule has 6 heteroatoms. The maximum atomic E-state index is 11.9. The summed E-state index contributed by atoms with van der Waals surface area (Å²) in [5, 5.41) is 12.7. The largest absolute Gasteiger partial charge is 0.351 e. The van der Waals surface area contributed by atoms with Crippen LogP contribution in [0.1, 0.15) is 5.56 Å². The van der Waals surface area contributed by atoms with Gasteiger partial charge in [0.1, 0.15) is 5.03 Å². The summed E-state index contributed by atoms with van der Waals surface area (Å²) in [5.74, 6) is 0.277. The second kappa shape index (κ2) is 8.65. The third-order valence-electron chi connectivity index (χ3n) is 3.46. The van der Waals surface area contributed by atoms with Gasteiger partial charge in [0.05, 0.1) is 11.4 Å². The number of amides is 1. The molecule has 1 N–H and O–H groups in total. The third kappa shape index (κ3) is 5.31. The first-order valence-electron chi connectivity index (χ1n) is 7.74. The molecule has 0 fully saturated rings. The first-order valence-corrected chi connectivity index (χ1v) is 9.10. The van der Waals surface area contributed by atoms with Gasteiger partial charge in [-0.1, -0.05) is 65.8 Å². The minimum atomic E-state index is -0.0302. The molecular weight excluding hydrogens is 354 g/mol. The zero-order valence-corrected chi connectivity index (χ0v) is 14.9. The van der Waals surface area contributed by atoms with Crippen molar-refractivity contribution in [3.8, 4) is 11.3 Å². The monoisotopic (exact) mass is 369 g/mol. The SMILES string of the molecule is O=C(CSc1ccc(-c2ccc(Cl)cc2)nn1)NCc1ccccc1. The van der Waals surface area contributed by atoms with Crippen LogP contribution in [0.5, 0.6) is 0 Å². The number of hydrogen-bond acceptors (Lipinski definition) is 4. The van der Waals surface area contributed by atoms with Crippen LogP contribution in [0.2, 0.25) is 5.02 Å². The van der Waals surface area contributed by atoms with Gasteiger partial charge in [-0.25, -0.2) is 0 Å². The molecule has 0 unspecified atom stereocenters. The molecule has 4 nitrogen and oxygen atoms in total. The maximum absolute atomic E-state index is 11.9. The number of carbonyl (C=O) groups excluding carboxylic acids is 1. The summed E-state index contributed by atoms with van der Waals surface area (Å²) in [5.41, 5.74) is 2.80. The van der Waals surface area contributed by atoms with Crippen LogP contribution >= 0.6 is 23.4 Å². The van der Waals surface area contributed by atoms with E-state index in [1.807, 2.05) is 66.7 Å². The summed E-state index contributed by atoms with van der Waals surface area (Å²) in [6.07, 6.45) is 0. The van der Waals surface area contributed by atoms with Gasteiger partial charge in [-0.2, -0.15) is 0 Å². The summed E-state index contributed by atoms with van der Waals surface area (Å²) in [6, 6.07) is 21.0. The Kier molecular flexibility index (Phi) is 6.04. The Morgan fingerprint density at radius 2 is 1.72 bits per heavy atom. The Hall–Kier alpha value is -2.37. The van der Waals surface area contributed by atoms with Crippen molar-refractivity contribution < 1.29 is 4.79 Å². The number of thioether (sulfide) groups is 1. The van der Waals surface area contributed by atoms with Gasteiger partial charge in [0.15, 0.2) is 0 Å². The molecule has 1 heterocycles. The molecule has 1 aromatic heterocycles. The Morgan fingerprint density at radius 1 is 0.960 bits per heavy atom. The van der Waals surface area contributed by atoms with E-state index >= 15 is 0 Å². The summed E-state index contributed by atoms with van der Waals surface area (Å²) < 4.78 is 0. The molecule has 1 amide bonds. The van der Waals surface area contributed by atoms with E-state index in [1.165, 1.54) is 11.8 Å². The Balaban J connectivity index is 1.50. The van der Waals surface area contributed by atoms with Crippen molar-refractivity contribution in [2.75, 3.05) is 5.75 Å². The predicted octanol–water partition coefficient (Wildman–Crippen LogP) is 4.21. The van der Waals surface area contributed by atoms with Crippen molar-refractivity contribution in [1.29, 1.82) is 0 Å². The molecule has 0 bridgehead atoms. The second-order valence-corrected chi connectivity index (χ2v) is 6.75. The van der Waals surface area contributed by atoms with E-state index in [0.29, 0.717) is 22.3 Å². The van der Waals surface area contributed by atoms with Crippen LogP contribution in [0, 0.1) is 0 Å². The Labute approximate surface area is 155 Å². The van der Waals surface area contributed by atoms with Gasteiger partial charge in [-0.15, -0.1) is 10.2 Å². The molecule has 0 saturated carbocycles. The number of hydrogen-bond donors (Lipinski definition) is 1. The maximum Gasteiger partial charge on any atom is 0.230 e. The highest BCUT2D eigenvalue weighted by molar-refractivity contribution is 7.99. The minimum absolute atomic E-state index is 0.0302. The Morgan fingerprint density at radius 3 is 2.40 bits per heavy atom. The molecule has 0 aliphatic heterocycles. The van der Waals surface area contributed by atoms with Crippen LogP contribution < -0.4 is 5.32 Å². The smallest absolute Gasteiger partial charge is 0.230 e. The van der Waals surface area contributed by atoms with Gasteiger partial charge < -0.3 is 5.32 Å². The molecule has 0 aliphatic rings. The van der Waals surface area contributed by atoms with E-state index in [2.05, 4.69) is 15.5 Å². The fourth-order valence-electron chi connectivity index (χ4n) is 2.16. The number of halogens is 1. The third-order valence-corrected chi connectivity index (χ3v) is 4.64. The molecule has 2 aromatic carbocycles. The highest BCUT2D eigenvalue weighted by Crippen LogP contribution is 2.21. The van der Waals surface area contributed by atoms with Crippen LogP contribution in [0.4, 0.5) is 0 Å². The molecule has 3 rings (SSSR count). The van der Waals surface area contributed by atoms with Crippen molar-refractivity contribution in [1.82, 2.24) is 15.5 Å². The van der Waals surface area contributed by atoms with Gasteiger partial charge in [-0.3, -0.25) is 4.79 Å². The average molecular weight is 370 g/mol. The number of nitrogens with zero attached hydrogens (tertiary/aromatic N) is 2. The van der Waals surface area contributed by atoms with E-state index in [4.69, 9.17) is 11.6 Å². The molecule has 0 radical (unpaired) electrons. The first-order chi connectivity index (χ1) is 12.2. The quantitative estimate of drug-likeness (QED) is 0.661. The standard InChI is InChI=1S/C19H16ClN3OS/c20-16-8-6-15(7-9-16)17-10-11-19(23-22-17)25-13-18(24)21-12-14-4-2-1-3-5-14/h1-11H,12-13H2,(H,21,24). The lowest BCUT2D eigenvalue weighted by Gasteiger charge is -2.05. The summed E-state index contributed by atoms with van der Waals surface area (Å²) in [6.45, 7) is 0.529. The van der Waals surface area contributed by atoms with Gasteiger partial charge >= 0.3 is 0 Å². The predicted molar refractivity (Wildman–Crippen MR) is 101 cm³/mol. The van der Waals surface area contributed by atoms with Crippen molar-refractivity contribution in [3.63, 3.8) is 0 Å². The topological polar surface area (TPSA) is 54.9 Å². The van der Waals surface area contributed by atoms with Crippen molar-refractivity contribution in [2.45, 2.75) is 11.6 Å². The molecule has 126 valence electrons. The zero-order chi connectivity index (χ0) is 17.5. The second-order valence-electron chi connectivity index (χ2n) is 5.31. The number of rotatable bonds is 6. The molecule has 0 atom stereocenters. The number of aromatic nitrogens is 2. The summed E-state index contributed by atoms with van der Waals surface area (Å²) in [4.78, 5) is 11.9. The van der Waals surface area contributed by atoms with Crippen LogP contribution in [-0.2, 0) is 11.3 Å². The van der Waals surface area contributed by atoms with Crippen LogP contribution in [0.15, 0.2) is 71.8 Å². The first kappa shape index (κ1) is 17.5. The lowest BCUT2D eigenvalue weighted by atomic mass is 10.1. The van der Waals surface area contributed by atoms with Gasteiger partial charge in [0.25, 0.3) is 0 Å². The normalized spacial score (nSPS) is 10.4. The molecule has 0 saturated heterocycles. The van der Waals surface area contributed by atoms with E-state index in [-0.39, 0.29) is 5.91 Å². The van der Waals surface area contributed by atoms with Gasteiger partial charge in [-0.05, 0) is 29.8 Å². The van der Waals surface area contributed by atoms with Gasteiger partial charge in [0.2, 0.25) is 5.91 Å². The summed E-state index contributed by atoms with van der Waals surface area (Å²) in [7, 11) is 0. The summed E-state index contributed by atoms with van der Waals surface area (Å²) >= 11 is 7.25. The van der Waals surface area contributed by atoms with Gasteiger partial charge in [0, 0.05) is 17.1 Å². The highest BCUT2D eigenvalue weighted by Gasteiger charge is 2.06. The average Bonchev–Trinajstić information content (AvgIpc) is 2.67. The number of nitrogens with one attached hydrogen (secondary N) is 1. The number of benzene rings is 2. The molecule has 0 aliphatic carbocycles. The fraction of sp³-hybridized carbons (Fsp3) is 0.105. The lowest BCUT2D eigenvalue weighted by Crippen LogP contribution is -2.24. The van der Waals surface area contributed by atoms with Crippen molar-refractivity contribution in [3.05, 3.63) is 77.3 Å². The molecule has 25 heavy (non-hydrogen) atoms. The Bertz CT molecular complexity index is 824. The molecular formula is C19H16ClN3OS. The van der Waals surface area contributed by atoms with Crippen LogP contribution in [0.25, 0.3) is 11.3 Å². The van der Waals surface area contributed by atoms with E-state index in [9.17, 15) is 4.79 Å². The van der Waals surface area contributed by atoms with E-state index in [0.717, 1.165) is 16.8 Å². The number of carbonyl (C=O) groups is 1. The lowest BCUT2D eigenvalue weighted by molar-refractivity contribution is -0.118. The fourth-order valence-corrected chi connectivity index (χ4v) is 2.93. The molecule has 0 spiro atoms. The van der Waals surface area contributed by atoms with Crippen molar-refractivity contribution >= 4 is 29.3 Å². The van der Waals surface area contributed by atoms with E-state index < -0.39 is 0 Å². The zero-order valence-electron chi connectivity index (χ0n) is 13.4. The minimum Gasteiger partial charge on any atom is -0.351 e. The van der Waals surface area contributed by atoms with E-state index in [1.54, 1.807) is 0 Å². The molecule has 3 aromatic rings. The highest BCUT2D eigenvalue weighted by atomic mass is 35.5. The van der Waals surface area contributed by atoms with Crippen LogP contribution in [-0.4, -0.2) is 21.9 Å².